The van der Waals surface area contributed by atoms with Crippen molar-refractivity contribution in [2.75, 3.05) is 0 Å². The zero-order valence-corrected chi connectivity index (χ0v) is 10.9. The van der Waals surface area contributed by atoms with E-state index in [-0.39, 0.29) is 11.6 Å². The fraction of sp³-hybridized carbons (Fsp3) is 0.143. The fourth-order valence-corrected chi connectivity index (χ4v) is 3.02. The Kier molecular flexibility index (Phi) is 2.62. The normalized spacial score (nSPS) is 22.9. The van der Waals surface area contributed by atoms with E-state index < -0.39 is 5.60 Å². The Morgan fingerprint density at radius 1 is 1.42 bits per heavy atom. The van der Waals surface area contributed by atoms with E-state index in [2.05, 4.69) is 4.98 Å². The van der Waals surface area contributed by atoms with Gasteiger partial charge in [-0.2, -0.15) is 0 Å². The molecule has 2 aromatic rings. The number of ketones is 1. The molecule has 0 saturated carbocycles. The standard InChI is InChI=1S/C14H10FNO2S/c1-8-7-14(18,5-4-11(8)17)13-16-10-3-2-9(15)6-12(10)19-13/h2-7,18H,1H3. The summed E-state index contributed by atoms with van der Waals surface area (Å²) in [5, 5.41) is 11.0. The van der Waals surface area contributed by atoms with Crippen LogP contribution in [0.25, 0.3) is 10.2 Å². The molecule has 0 aliphatic heterocycles. The van der Waals surface area contributed by atoms with Crippen molar-refractivity contribution in [2.45, 2.75) is 12.5 Å². The number of fused-ring (bicyclic) bond motifs is 1. The van der Waals surface area contributed by atoms with Crippen LogP contribution in [-0.4, -0.2) is 15.9 Å². The molecule has 5 heteroatoms. The van der Waals surface area contributed by atoms with E-state index in [1.807, 2.05) is 0 Å². The number of aromatic nitrogens is 1. The lowest BCUT2D eigenvalue weighted by Crippen LogP contribution is -2.24. The molecule has 1 atom stereocenters. The first-order chi connectivity index (χ1) is 8.98. The maximum Gasteiger partial charge on any atom is 0.181 e. The SMILES string of the molecule is CC1=CC(O)(c2nc3ccc(F)cc3s2)C=CC1=O. The van der Waals surface area contributed by atoms with Gasteiger partial charge in [-0.05, 0) is 48.9 Å². The number of hydrogen-bond acceptors (Lipinski definition) is 4. The van der Waals surface area contributed by atoms with E-state index in [0.29, 0.717) is 20.8 Å². The molecule has 3 nitrogen and oxygen atoms in total. The predicted octanol–water partition coefficient (Wildman–Crippen LogP) is 2.71. The largest absolute Gasteiger partial charge is 0.375 e. The summed E-state index contributed by atoms with van der Waals surface area (Å²) in [6.07, 6.45) is 4.22. The molecule has 1 heterocycles. The van der Waals surface area contributed by atoms with Crippen LogP contribution in [0.15, 0.2) is 42.0 Å². The van der Waals surface area contributed by atoms with Crippen molar-refractivity contribution in [1.29, 1.82) is 0 Å². The number of carbonyl (C=O) groups is 1. The Hall–Kier alpha value is -1.85. The molecule has 0 amide bonds. The van der Waals surface area contributed by atoms with Crippen LogP contribution in [0.3, 0.4) is 0 Å². The molecule has 0 spiro atoms. The molecule has 0 bridgehead atoms. The number of halogens is 1. The van der Waals surface area contributed by atoms with Gasteiger partial charge in [0, 0.05) is 0 Å². The zero-order valence-electron chi connectivity index (χ0n) is 10.1. The van der Waals surface area contributed by atoms with Crippen LogP contribution in [0.5, 0.6) is 0 Å². The zero-order chi connectivity index (χ0) is 13.6. The van der Waals surface area contributed by atoms with Crippen LogP contribution in [0.1, 0.15) is 11.9 Å². The monoisotopic (exact) mass is 275 g/mol. The van der Waals surface area contributed by atoms with Crippen molar-refractivity contribution >= 4 is 27.3 Å². The molecule has 0 saturated heterocycles. The van der Waals surface area contributed by atoms with Crippen LogP contribution >= 0.6 is 11.3 Å². The molecule has 1 aromatic carbocycles. The van der Waals surface area contributed by atoms with E-state index in [9.17, 15) is 14.3 Å². The number of nitrogens with zero attached hydrogens (tertiary/aromatic N) is 1. The first-order valence-corrected chi connectivity index (χ1v) is 6.51. The number of benzene rings is 1. The summed E-state index contributed by atoms with van der Waals surface area (Å²) in [6, 6.07) is 4.29. The highest BCUT2D eigenvalue weighted by atomic mass is 32.1. The third kappa shape index (κ3) is 2.01. The average Bonchev–Trinajstić information content (AvgIpc) is 2.78. The van der Waals surface area contributed by atoms with Crippen LogP contribution in [0, 0.1) is 5.82 Å². The minimum Gasteiger partial charge on any atom is -0.375 e. The van der Waals surface area contributed by atoms with Gasteiger partial charge in [0.25, 0.3) is 0 Å². The van der Waals surface area contributed by atoms with Crippen LogP contribution in [0.2, 0.25) is 0 Å². The maximum absolute atomic E-state index is 13.1. The van der Waals surface area contributed by atoms with Crippen molar-refractivity contribution < 1.29 is 14.3 Å². The van der Waals surface area contributed by atoms with Crippen molar-refractivity contribution in [2.24, 2.45) is 0 Å². The van der Waals surface area contributed by atoms with Gasteiger partial charge < -0.3 is 5.11 Å². The molecule has 1 aliphatic rings. The smallest absolute Gasteiger partial charge is 0.181 e. The van der Waals surface area contributed by atoms with Gasteiger partial charge in [0.1, 0.15) is 10.8 Å². The van der Waals surface area contributed by atoms with Gasteiger partial charge in [0.05, 0.1) is 10.2 Å². The molecule has 0 radical (unpaired) electrons. The van der Waals surface area contributed by atoms with Gasteiger partial charge in [-0.25, -0.2) is 9.37 Å². The van der Waals surface area contributed by atoms with E-state index >= 15 is 0 Å². The van der Waals surface area contributed by atoms with Crippen LogP contribution in [0.4, 0.5) is 4.39 Å². The molecular formula is C14H10FNO2S. The topological polar surface area (TPSA) is 50.2 Å². The predicted molar refractivity (Wildman–Crippen MR) is 71.4 cm³/mol. The molecule has 0 fully saturated rings. The second kappa shape index (κ2) is 4.08. The van der Waals surface area contributed by atoms with Crippen molar-refractivity contribution in [1.82, 2.24) is 4.98 Å². The molecular weight excluding hydrogens is 265 g/mol. The molecule has 1 aliphatic carbocycles. The molecule has 19 heavy (non-hydrogen) atoms. The second-order valence-corrected chi connectivity index (χ2v) is 5.51. The van der Waals surface area contributed by atoms with E-state index in [1.54, 1.807) is 13.0 Å². The summed E-state index contributed by atoms with van der Waals surface area (Å²) in [6.45, 7) is 1.64. The first-order valence-electron chi connectivity index (χ1n) is 5.70. The fourth-order valence-electron chi connectivity index (χ4n) is 1.99. The summed E-state index contributed by atoms with van der Waals surface area (Å²) in [5.74, 6) is -0.465. The van der Waals surface area contributed by atoms with E-state index in [4.69, 9.17) is 0 Å². The summed E-state index contributed by atoms with van der Waals surface area (Å²) in [4.78, 5) is 15.7. The summed E-state index contributed by atoms with van der Waals surface area (Å²) >= 11 is 1.21. The van der Waals surface area contributed by atoms with Gasteiger partial charge in [0.2, 0.25) is 0 Å². The summed E-state index contributed by atoms with van der Waals surface area (Å²) in [7, 11) is 0. The Labute approximate surface area is 112 Å². The first kappa shape index (κ1) is 12.2. The third-order valence-electron chi connectivity index (χ3n) is 3.01. The van der Waals surface area contributed by atoms with Crippen LogP contribution < -0.4 is 0 Å². The average molecular weight is 275 g/mol. The second-order valence-electron chi connectivity index (χ2n) is 4.48. The van der Waals surface area contributed by atoms with Crippen LogP contribution in [-0.2, 0) is 10.4 Å². The van der Waals surface area contributed by atoms with Crippen molar-refractivity contribution in [3.63, 3.8) is 0 Å². The Morgan fingerprint density at radius 2 is 2.21 bits per heavy atom. The highest BCUT2D eigenvalue weighted by Crippen LogP contribution is 2.35. The molecule has 96 valence electrons. The molecule has 1 unspecified atom stereocenters. The van der Waals surface area contributed by atoms with E-state index in [0.717, 1.165) is 0 Å². The van der Waals surface area contributed by atoms with Gasteiger partial charge in [-0.3, -0.25) is 4.79 Å². The van der Waals surface area contributed by atoms with Gasteiger partial charge in [-0.1, -0.05) is 0 Å². The highest BCUT2D eigenvalue weighted by Gasteiger charge is 2.31. The van der Waals surface area contributed by atoms with Gasteiger partial charge in [0.15, 0.2) is 11.4 Å². The number of hydrogen-bond donors (Lipinski definition) is 1. The maximum atomic E-state index is 13.1. The minimum absolute atomic E-state index is 0.128. The molecule has 1 N–H and O–H groups in total. The number of aliphatic hydroxyl groups is 1. The molecule has 3 rings (SSSR count). The number of allylic oxidation sites excluding steroid dienone is 2. The Bertz CT molecular complexity index is 747. The third-order valence-corrected chi connectivity index (χ3v) is 4.17. The lowest BCUT2D eigenvalue weighted by Gasteiger charge is -2.21. The Balaban J connectivity index is 2.14. The van der Waals surface area contributed by atoms with Crippen molar-refractivity contribution in [3.05, 3.63) is 52.8 Å². The number of thiazole rings is 1. The highest BCUT2D eigenvalue weighted by molar-refractivity contribution is 7.18. The molecule has 1 aromatic heterocycles. The lowest BCUT2D eigenvalue weighted by atomic mass is 9.93. The lowest BCUT2D eigenvalue weighted by molar-refractivity contribution is -0.111. The van der Waals surface area contributed by atoms with Gasteiger partial charge in [-0.15, -0.1) is 11.3 Å². The number of carbonyl (C=O) groups excluding carboxylic acids is 1. The quantitative estimate of drug-likeness (QED) is 0.870. The summed E-state index contributed by atoms with van der Waals surface area (Å²) < 4.78 is 13.8. The van der Waals surface area contributed by atoms with Crippen molar-refractivity contribution in [3.8, 4) is 0 Å². The Morgan fingerprint density at radius 3 is 2.95 bits per heavy atom. The van der Waals surface area contributed by atoms with Gasteiger partial charge >= 0.3 is 0 Å². The summed E-state index contributed by atoms with van der Waals surface area (Å²) in [5.41, 5.74) is -0.292. The minimum atomic E-state index is -1.39. The van der Waals surface area contributed by atoms with E-state index in [1.165, 1.54) is 41.7 Å². The number of rotatable bonds is 1.